The molecule has 1 saturated heterocycles. The second kappa shape index (κ2) is 11.0. The summed E-state index contributed by atoms with van der Waals surface area (Å²) in [6.07, 6.45) is 5.01. The fourth-order valence-electron chi connectivity index (χ4n) is 4.20. The molecule has 6 heteroatoms. The standard InChI is InChI=1S/C26H33N5O/c1-21-28-12-14-30(21)17-24-10-6-9-23(15-24)16-29-26(27-2)31-13-11-25(18-31)20-32-19-22-7-4-3-5-8-22/h3-10,12,14-15,25H,11,13,16-20H2,1-2H3,(H,27,29). The first kappa shape index (κ1) is 22.1. The Morgan fingerprint density at radius 3 is 2.72 bits per heavy atom. The van der Waals surface area contributed by atoms with Gasteiger partial charge in [-0.3, -0.25) is 4.99 Å². The number of hydrogen-bond donors (Lipinski definition) is 1. The van der Waals surface area contributed by atoms with Gasteiger partial charge < -0.3 is 19.5 Å². The number of likely N-dealkylation sites (tertiary alicyclic amines) is 1. The molecule has 1 N–H and O–H groups in total. The van der Waals surface area contributed by atoms with Crippen LogP contribution < -0.4 is 5.32 Å². The molecule has 1 aliphatic heterocycles. The van der Waals surface area contributed by atoms with Gasteiger partial charge in [0.2, 0.25) is 0 Å². The van der Waals surface area contributed by atoms with Crippen molar-refractivity contribution in [2.45, 2.75) is 33.0 Å². The summed E-state index contributed by atoms with van der Waals surface area (Å²) < 4.78 is 8.13. The maximum atomic E-state index is 5.97. The zero-order valence-electron chi connectivity index (χ0n) is 19.1. The lowest BCUT2D eigenvalue weighted by Crippen LogP contribution is -2.39. The average Bonchev–Trinajstić information content (AvgIpc) is 3.45. The first-order chi connectivity index (χ1) is 15.7. The molecule has 0 saturated carbocycles. The number of guanidine groups is 1. The van der Waals surface area contributed by atoms with Crippen LogP contribution in [0.4, 0.5) is 0 Å². The van der Waals surface area contributed by atoms with Crippen LogP contribution >= 0.6 is 0 Å². The van der Waals surface area contributed by atoms with E-state index in [4.69, 9.17) is 4.74 Å². The maximum absolute atomic E-state index is 5.97. The van der Waals surface area contributed by atoms with Crippen molar-refractivity contribution in [1.82, 2.24) is 19.8 Å². The third-order valence-corrected chi connectivity index (χ3v) is 5.98. The molecule has 1 atom stereocenters. The molecule has 6 nitrogen and oxygen atoms in total. The van der Waals surface area contributed by atoms with Crippen molar-refractivity contribution < 1.29 is 4.74 Å². The molecular weight excluding hydrogens is 398 g/mol. The molecule has 2 aromatic carbocycles. The van der Waals surface area contributed by atoms with Crippen LogP contribution in [0.5, 0.6) is 0 Å². The quantitative estimate of drug-likeness (QED) is 0.435. The predicted octanol–water partition coefficient (Wildman–Crippen LogP) is 3.85. The van der Waals surface area contributed by atoms with Gasteiger partial charge in [-0.2, -0.15) is 0 Å². The second-order valence-electron chi connectivity index (χ2n) is 8.42. The molecule has 0 radical (unpaired) electrons. The fraction of sp³-hybridized carbons (Fsp3) is 0.385. The third kappa shape index (κ3) is 5.98. The lowest BCUT2D eigenvalue weighted by atomic mass is 10.1. The Balaban J connectivity index is 1.24. The summed E-state index contributed by atoms with van der Waals surface area (Å²) in [5.41, 5.74) is 3.76. The number of aromatic nitrogens is 2. The number of nitrogens with zero attached hydrogens (tertiary/aromatic N) is 4. The Morgan fingerprint density at radius 2 is 1.94 bits per heavy atom. The first-order valence-corrected chi connectivity index (χ1v) is 11.3. The van der Waals surface area contributed by atoms with E-state index in [2.05, 4.69) is 73.3 Å². The summed E-state index contributed by atoms with van der Waals surface area (Å²) in [5, 5.41) is 3.54. The van der Waals surface area contributed by atoms with E-state index in [0.29, 0.717) is 12.5 Å². The van der Waals surface area contributed by atoms with Gasteiger partial charge in [0.25, 0.3) is 0 Å². The summed E-state index contributed by atoms with van der Waals surface area (Å²) in [5.74, 6) is 2.54. The largest absolute Gasteiger partial charge is 0.376 e. The highest BCUT2D eigenvalue weighted by molar-refractivity contribution is 5.80. The molecular formula is C26H33N5O. The van der Waals surface area contributed by atoms with Crippen molar-refractivity contribution >= 4 is 5.96 Å². The molecule has 0 aliphatic carbocycles. The van der Waals surface area contributed by atoms with Gasteiger partial charge in [-0.05, 0) is 30.0 Å². The average molecular weight is 432 g/mol. The molecule has 1 aliphatic rings. The Hall–Kier alpha value is -3.12. The van der Waals surface area contributed by atoms with E-state index in [-0.39, 0.29) is 0 Å². The van der Waals surface area contributed by atoms with Crippen LogP contribution in [-0.2, 0) is 24.4 Å². The zero-order chi connectivity index (χ0) is 22.2. The minimum atomic E-state index is 0.541. The third-order valence-electron chi connectivity index (χ3n) is 5.98. The van der Waals surface area contributed by atoms with Gasteiger partial charge in [0.15, 0.2) is 5.96 Å². The van der Waals surface area contributed by atoms with Gasteiger partial charge in [0.05, 0.1) is 13.2 Å². The topological polar surface area (TPSA) is 54.7 Å². The molecule has 0 amide bonds. The Bertz CT molecular complexity index is 1010. The maximum Gasteiger partial charge on any atom is 0.193 e. The second-order valence-corrected chi connectivity index (χ2v) is 8.42. The Kier molecular flexibility index (Phi) is 7.56. The number of imidazole rings is 1. The smallest absolute Gasteiger partial charge is 0.193 e. The van der Waals surface area contributed by atoms with Crippen LogP contribution in [0.1, 0.15) is 28.9 Å². The van der Waals surface area contributed by atoms with Crippen molar-refractivity contribution in [2.75, 3.05) is 26.7 Å². The molecule has 168 valence electrons. The van der Waals surface area contributed by atoms with Crippen molar-refractivity contribution in [1.29, 1.82) is 0 Å². The van der Waals surface area contributed by atoms with Gasteiger partial charge in [-0.25, -0.2) is 4.98 Å². The van der Waals surface area contributed by atoms with Gasteiger partial charge >= 0.3 is 0 Å². The number of nitrogens with one attached hydrogen (secondary N) is 1. The summed E-state index contributed by atoms with van der Waals surface area (Å²) in [6, 6.07) is 19.1. The van der Waals surface area contributed by atoms with Crippen molar-refractivity contribution in [3.05, 3.63) is 89.5 Å². The van der Waals surface area contributed by atoms with Gasteiger partial charge in [0.1, 0.15) is 5.82 Å². The molecule has 3 aromatic rings. The number of aryl methyl sites for hydroxylation is 1. The minimum Gasteiger partial charge on any atom is -0.376 e. The van der Waals surface area contributed by atoms with E-state index in [1.807, 2.05) is 32.4 Å². The lowest BCUT2D eigenvalue weighted by Gasteiger charge is -2.22. The van der Waals surface area contributed by atoms with E-state index >= 15 is 0 Å². The molecule has 0 spiro atoms. The summed E-state index contributed by atoms with van der Waals surface area (Å²) in [6.45, 7) is 7.09. The predicted molar refractivity (Wildman–Crippen MR) is 128 cm³/mol. The number of hydrogen-bond acceptors (Lipinski definition) is 3. The SMILES string of the molecule is CN=C(NCc1cccc(Cn2ccnc2C)c1)N1CCC(COCc2ccccc2)C1. The van der Waals surface area contributed by atoms with Crippen LogP contribution in [-0.4, -0.2) is 47.2 Å². The molecule has 32 heavy (non-hydrogen) atoms. The minimum absolute atomic E-state index is 0.541. The van der Waals surface area contributed by atoms with Crippen molar-refractivity contribution in [3.63, 3.8) is 0 Å². The van der Waals surface area contributed by atoms with Crippen LogP contribution in [0.15, 0.2) is 72.0 Å². The number of ether oxygens (including phenoxy) is 1. The van der Waals surface area contributed by atoms with Crippen LogP contribution in [0.2, 0.25) is 0 Å². The number of rotatable bonds is 8. The van der Waals surface area contributed by atoms with Gasteiger partial charge in [0, 0.05) is 51.5 Å². The molecule has 1 aromatic heterocycles. The highest BCUT2D eigenvalue weighted by Gasteiger charge is 2.25. The molecule has 1 fully saturated rings. The monoisotopic (exact) mass is 431 g/mol. The van der Waals surface area contributed by atoms with Gasteiger partial charge in [-0.15, -0.1) is 0 Å². The van der Waals surface area contributed by atoms with E-state index in [0.717, 1.165) is 51.0 Å². The zero-order valence-corrected chi connectivity index (χ0v) is 19.1. The molecule has 1 unspecified atom stereocenters. The highest BCUT2D eigenvalue weighted by atomic mass is 16.5. The lowest BCUT2D eigenvalue weighted by molar-refractivity contribution is 0.0906. The summed E-state index contributed by atoms with van der Waals surface area (Å²) in [7, 11) is 1.86. The summed E-state index contributed by atoms with van der Waals surface area (Å²) >= 11 is 0. The van der Waals surface area contributed by atoms with E-state index < -0.39 is 0 Å². The molecule has 2 heterocycles. The summed E-state index contributed by atoms with van der Waals surface area (Å²) in [4.78, 5) is 11.2. The van der Waals surface area contributed by atoms with E-state index in [1.165, 1.54) is 16.7 Å². The van der Waals surface area contributed by atoms with Crippen LogP contribution in [0, 0.1) is 12.8 Å². The number of benzene rings is 2. The normalized spacial score (nSPS) is 16.5. The Labute approximate surface area is 191 Å². The van der Waals surface area contributed by atoms with Crippen molar-refractivity contribution in [2.24, 2.45) is 10.9 Å². The molecule has 0 bridgehead atoms. The molecule has 4 rings (SSSR count). The first-order valence-electron chi connectivity index (χ1n) is 11.3. The van der Waals surface area contributed by atoms with Crippen LogP contribution in [0.3, 0.4) is 0 Å². The highest BCUT2D eigenvalue weighted by Crippen LogP contribution is 2.18. The van der Waals surface area contributed by atoms with E-state index in [1.54, 1.807) is 0 Å². The fourth-order valence-corrected chi connectivity index (χ4v) is 4.20. The van der Waals surface area contributed by atoms with Crippen LogP contribution in [0.25, 0.3) is 0 Å². The van der Waals surface area contributed by atoms with E-state index in [9.17, 15) is 0 Å². The van der Waals surface area contributed by atoms with Crippen molar-refractivity contribution in [3.8, 4) is 0 Å². The Morgan fingerprint density at radius 1 is 1.12 bits per heavy atom. The number of aliphatic imine (C=N–C) groups is 1. The van der Waals surface area contributed by atoms with Gasteiger partial charge in [-0.1, -0.05) is 54.6 Å².